The van der Waals surface area contributed by atoms with Gasteiger partial charge < -0.3 is 9.64 Å². The SMILES string of the molecule is CN(CC1CCOCC1)CC1(CS)CCCC1. The predicted molar refractivity (Wildman–Crippen MR) is 75.8 cm³/mol. The van der Waals surface area contributed by atoms with E-state index in [9.17, 15) is 0 Å². The third-order valence-electron chi connectivity index (χ3n) is 4.52. The van der Waals surface area contributed by atoms with Crippen molar-refractivity contribution >= 4 is 12.6 Å². The first-order chi connectivity index (χ1) is 8.24. The van der Waals surface area contributed by atoms with Crippen LogP contribution in [0.25, 0.3) is 0 Å². The number of hydrogen-bond acceptors (Lipinski definition) is 3. The molecule has 0 amide bonds. The Morgan fingerprint density at radius 1 is 1.24 bits per heavy atom. The fraction of sp³-hybridized carbons (Fsp3) is 1.00. The number of thiol groups is 1. The number of nitrogens with zero attached hydrogens (tertiary/aromatic N) is 1. The summed E-state index contributed by atoms with van der Waals surface area (Å²) in [6.07, 6.45) is 8.08. The third kappa shape index (κ3) is 3.87. The molecule has 0 N–H and O–H groups in total. The van der Waals surface area contributed by atoms with E-state index in [1.54, 1.807) is 0 Å². The Hall–Kier alpha value is 0.270. The predicted octanol–water partition coefficient (Wildman–Crippen LogP) is 2.84. The molecule has 1 heterocycles. The van der Waals surface area contributed by atoms with Crippen LogP contribution in [0.5, 0.6) is 0 Å². The van der Waals surface area contributed by atoms with E-state index >= 15 is 0 Å². The van der Waals surface area contributed by atoms with E-state index < -0.39 is 0 Å². The normalized spacial score (nSPS) is 25.6. The molecule has 2 aliphatic rings. The summed E-state index contributed by atoms with van der Waals surface area (Å²) in [6.45, 7) is 4.43. The summed E-state index contributed by atoms with van der Waals surface area (Å²) in [5, 5.41) is 0. The lowest BCUT2D eigenvalue weighted by Crippen LogP contribution is -2.38. The molecule has 0 aromatic rings. The van der Waals surface area contributed by atoms with Crippen LogP contribution in [0, 0.1) is 11.3 Å². The van der Waals surface area contributed by atoms with Gasteiger partial charge in [0, 0.05) is 26.3 Å². The van der Waals surface area contributed by atoms with Crippen LogP contribution in [0.4, 0.5) is 0 Å². The molecule has 17 heavy (non-hydrogen) atoms. The number of ether oxygens (including phenoxy) is 1. The Kier molecular flexibility index (Phi) is 5.19. The van der Waals surface area contributed by atoms with Gasteiger partial charge in [0.1, 0.15) is 0 Å². The van der Waals surface area contributed by atoms with Gasteiger partial charge in [-0.15, -0.1) is 0 Å². The van der Waals surface area contributed by atoms with Crippen LogP contribution in [0.15, 0.2) is 0 Å². The quantitative estimate of drug-likeness (QED) is 0.760. The van der Waals surface area contributed by atoms with Gasteiger partial charge in [-0.3, -0.25) is 0 Å². The third-order valence-corrected chi connectivity index (χ3v) is 5.19. The minimum absolute atomic E-state index is 0.517. The molecule has 2 rings (SSSR count). The van der Waals surface area contributed by atoms with Crippen molar-refractivity contribution in [1.29, 1.82) is 0 Å². The topological polar surface area (TPSA) is 12.5 Å². The van der Waals surface area contributed by atoms with E-state index in [0.29, 0.717) is 5.41 Å². The molecule has 2 nitrogen and oxygen atoms in total. The van der Waals surface area contributed by atoms with E-state index in [1.165, 1.54) is 51.6 Å². The fourth-order valence-corrected chi connectivity index (χ4v) is 3.91. The van der Waals surface area contributed by atoms with Gasteiger partial charge >= 0.3 is 0 Å². The Balaban J connectivity index is 1.77. The Bertz CT molecular complexity index is 222. The molecule has 100 valence electrons. The first-order valence-corrected chi connectivity index (χ1v) is 7.74. The maximum absolute atomic E-state index is 5.42. The van der Waals surface area contributed by atoms with Gasteiger partial charge in [-0.2, -0.15) is 12.6 Å². The van der Waals surface area contributed by atoms with Crippen molar-refractivity contribution in [3.05, 3.63) is 0 Å². The lowest BCUT2D eigenvalue weighted by Gasteiger charge is -2.34. The average Bonchev–Trinajstić information content (AvgIpc) is 2.79. The highest BCUT2D eigenvalue weighted by Crippen LogP contribution is 2.39. The maximum Gasteiger partial charge on any atom is 0.0469 e. The highest BCUT2D eigenvalue weighted by molar-refractivity contribution is 7.80. The van der Waals surface area contributed by atoms with Crippen molar-refractivity contribution in [3.8, 4) is 0 Å². The molecule has 2 fully saturated rings. The zero-order chi connectivity index (χ0) is 12.1. The molecule has 1 aliphatic carbocycles. The number of hydrogen-bond donors (Lipinski definition) is 1. The van der Waals surface area contributed by atoms with E-state index in [-0.39, 0.29) is 0 Å². The van der Waals surface area contributed by atoms with Crippen molar-refractivity contribution in [3.63, 3.8) is 0 Å². The first kappa shape index (κ1) is 13.7. The zero-order valence-corrected chi connectivity index (χ0v) is 12.1. The van der Waals surface area contributed by atoms with Gasteiger partial charge in [0.05, 0.1) is 0 Å². The Morgan fingerprint density at radius 2 is 1.88 bits per heavy atom. The van der Waals surface area contributed by atoms with Crippen LogP contribution in [0.3, 0.4) is 0 Å². The molecule has 1 saturated heterocycles. The summed E-state index contributed by atoms with van der Waals surface area (Å²) in [5.41, 5.74) is 0.517. The number of rotatable bonds is 5. The van der Waals surface area contributed by atoms with Crippen molar-refractivity contribution in [1.82, 2.24) is 4.90 Å². The highest BCUT2D eigenvalue weighted by Gasteiger charge is 2.33. The smallest absolute Gasteiger partial charge is 0.0469 e. The van der Waals surface area contributed by atoms with Gasteiger partial charge in [0.2, 0.25) is 0 Å². The molecule has 0 unspecified atom stereocenters. The second-order valence-corrected chi connectivity index (χ2v) is 6.43. The van der Waals surface area contributed by atoms with Crippen LogP contribution < -0.4 is 0 Å². The molecule has 0 atom stereocenters. The molecule has 0 bridgehead atoms. The minimum atomic E-state index is 0.517. The summed E-state index contributed by atoms with van der Waals surface area (Å²) in [4.78, 5) is 2.55. The van der Waals surface area contributed by atoms with Crippen molar-refractivity contribution in [2.75, 3.05) is 39.1 Å². The molecule has 1 aliphatic heterocycles. The van der Waals surface area contributed by atoms with Crippen molar-refractivity contribution in [2.45, 2.75) is 38.5 Å². The highest BCUT2D eigenvalue weighted by atomic mass is 32.1. The van der Waals surface area contributed by atoms with E-state index in [2.05, 4.69) is 24.6 Å². The van der Waals surface area contributed by atoms with Gasteiger partial charge in [-0.25, -0.2) is 0 Å². The summed E-state index contributed by atoms with van der Waals surface area (Å²) in [7, 11) is 2.29. The van der Waals surface area contributed by atoms with Crippen LogP contribution in [0.1, 0.15) is 38.5 Å². The van der Waals surface area contributed by atoms with E-state index in [1.807, 2.05) is 0 Å². The summed E-state index contributed by atoms with van der Waals surface area (Å²) in [5.74, 6) is 1.91. The molecular formula is C14H27NOS. The Morgan fingerprint density at radius 3 is 2.47 bits per heavy atom. The van der Waals surface area contributed by atoms with E-state index in [0.717, 1.165) is 24.9 Å². The molecule has 0 radical (unpaired) electrons. The second-order valence-electron chi connectivity index (χ2n) is 6.12. The summed E-state index contributed by atoms with van der Waals surface area (Å²) in [6, 6.07) is 0. The van der Waals surface area contributed by atoms with E-state index in [4.69, 9.17) is 4.74 Å². The zero-order valence-electron chi connectivity index (χ0n) is 11.2. The fourth-order valence-electron chi connectivity index (χ4n) is 3.50. The molecule has 0 aromatic carbocycles. The minimum Gasteiger partial charge on any atom is -0.381 e. The van der Waals surface area contributed by atoms with Crippen LogP contribution >= 0.6 is 12.6 Å². The van der Waals surface area contributed by atoms with Crippen LogP contribution in [-0.4, -0.2) is 44.0 Å². The lowest BCUT2D eigenvalue weighted by atomic mass is 9.87. The molecule has 0 spiro atoms. The molecule has 1 saturated carbocycles. The molecule has 3 heteroatoms. The van der Waals surface area contributed by atoms with Gasteiger partial charge in [0.15, 0.2) is 0 Å². The maximum atomic E-state index is 5.42. The standard InChI is InChI=1S/C14H27NOS/c1-15(10-13-4-8-16-9-5-13)11-14(12-17)6-2-3-7-14/h13,17H,2-12H2,1H3. The summed E-state index contributed by atoms with van der Waals surface area (Å²) < 4.78 is 5.42. The molecule has 0 aromatic heterocycles. The average molecular weight is 257 g/mol. The first-order valence-electron chi connectivity index (χ1n) is 7.11. The van der Waals surface area contributed by atoms with Crippen LogP contribution in [0.2, 0.25) is 0 Å². The van der Waals surface area contributed by atoms with Crippen molar-refractivity contribution < 1.29 is 4.74 Å². The molecular weight excluding hydrogens is 230 g/mol. The second kappa shape index (κ2) is 6.44. The van der Waals surface area contributed by atoms with Crippen molar-refractivity contribution in [2.24, 2.45) is 11.3 Å². The summed E-state index contributed by atoms with van der Waals surface area (Å²) >= 11 is 4.60. The van der Waals surface area contributed by atoms with Gasteiger partial charge in [-0.05, 0) is 49.8 Å². The lowest BCUT2D eigenvalue weighted by molar-refractivity contribution is 0.0509. The largest absolute Gasteiger partial charge is 0.381 e. The van der Waals surface area contributed by atoms with Crippen LogP contribution in [-0.2, 0) is 4.74 Å². The monoisotopic (exact) mass is 257 g/mol. The van der Waals surface area contributed by atoms with Gasteiger partial charge in [0.25, 0.3) is 0 Å². The van der Waals surface area contributed by atoms with Gasteiger partial charge in [-0.1, -0.05) is 12.8 Å². The Labute approximate surface area is 112 Å².